The fourth-order valence-corrected chi connectivity index (χ4v) is 3.34. The van der Waals surface area contributed by atoms with Crippen molar-refractivity contribution >= 4 is 11.6 Å². The number of amides is 1. The van der Waals surface area contributed by atoms with E-state index >= 15 is 0 Å². The molecular formula is C23H18N6O2. The van der Waals surface area contributed by atoms with Crippen LogP contribution in [0.2, 0.25) is 0 Å². The highest BCUT2D eigenvalue weighted by atomic mass is 16.5. The van der Waals surface area contributed by atoms with Crippen LogP contribution in [0.15, 0.2) is 83.6 Å². The summed E-state index contributed by atoms with van der Waals surface area (Å²) in [7, 11) is 0. The number of benzene rings is 2. The molecule has 0 bridgehead atoms. The maximum absolute atomic E-state index is 12.7. The SMILES string of the molecule is O=C(NCc1nc(Cc2ccccc2)no1)c1cnn2c(-c3ccccc3)ccnc12. The third-order valence-corrected chi connectivity index (χ3v) is 4.83. The van der Waals surface area contributed by atoms with Crippen molar-refractivity contribution in [2.75, 3.05) is 0 Å². The topological polar surface area (TPSA) is 98.2 Å². The summed E-state index contributed by atoms with van der Waals surface area (Å²) in [4.78, 5) is 21.4. The van der Waals surface area contributed by atoms with Gasteiger partial charge in [0.05, 0.1) is 18.4 Å². The van der Waals surface area contributed by atoms with Crippen LogP contribution in [-0.4, -0.2) is 30.6 Å². The van der Waals surface area contributed by atoms with E-state index in [0.29, 0.717) is 29.3 Å². The van der Waals surface area contributed by atoms with E-state index < -0.39 is 0 Å². The van der Waals surface area contributed by atoms with Crippen LogP contribution in [0.5, 0.6) is 0 Å². The highest BCUT2D eigenvalue weighted by Crippen LogP contribution is 2.20. The first kappa shape index (κ1) is 18.7. The van der Waals surface area contributed by atoms with Crippen LogP contribution < -0.4 is 5.32 Å². The minimum absolute atomic E-state index is 0.121. The Morgan fingerprint density at radius 3 is 2.58 bits per heavy atom. The fraction of sp³-hybridized carbons (Fsp3) is 0.0870. The molecule has 8 heteroatoms. The number of fused-ring (bicyclic) bond motifs is 1. The third kappa shape index (κ3) is 3.91. The number of nitrogens with one attached hydrogen (secondary N) is 1. The molecule has 152 valence electrons. The van der Waals surface area contributed by atoms with Crippen molar-refractivity contribution in [2.45, 2.75) is 13.0 Å². The van der Waals surface area contributed by atoms with Crippen LogP contribution in [0.25, 0.3) is 16.9 Å². The Morgan fingerprint density at radius 1 is 1.00 bits per heavy atom. The second-order valence-corrected chi connectivity index (χ2v) is 6.94. The van der Waals surface area contributed by atoms with Crippen molar-refractivity contribution < 1.29 is 9.32 Å². The Morgan fingerprint density at radius 2 is 1.77 bits per heavy atom. The summed E-state index contributed by atoms with van der Waals surface area (Å²) >= 11 is 0. The molecule has 3 heterocycles. The van der Waals surface area contributed by atoms with E-state index in [-0.39, 0.29) is 12.5 Å². The van der Waals surface area contributed by atoms with Crippen molar-refractivity contribution in [3.63, 3.8) is 0 Å². The second-order valence-electron chi connectivity index (χ2n) is 6.94. The zero-order chi connectivity index (χ0) is 21.0. The summed E-state index contributed by atoms with van der Waals surface area (Å²) in [6.07, 6.45) is 3.75. The molecule has 3 aromatic heterocycles. The molecule has 2 aromatic carbocycles. The van der Waals surface area contributed by atoms with Crippen LogP contribution in [-0.2, 0) is 13.0 Å². The number of hydrogen-bond donors (Lipinski definition) is 1. The molecule has 1 N–H and O–H groups in total. The smallest absolute Gasteiger partial charge is 0.257 e. The van der Waals surface area contributed by atoms with E-state index in [1.54, 1.807) is 10.7 Å². The van der Waals surface area contributed by atoms with Gasteiger partial charge in [-0.25, -0.2) is 9.50 Å². The quantitative estimate of drug-likeness (QED) is 0.461. The molecule has 1 amide bonds. The monoisotopic (exact) mass is 410 g/mol. The lowest BCUT2D eigenvalue weighted by Crippen LogP contribution is -2.23. The lowest BCUT2D eigenvalue weighted by molar-refractivity contribution is 0.0947. The standard InChI is InChI=1S/C23H18N6O2/c30-23(25-15-21-27-20(28-31-21)13-16-7-3-1-4-8-16)18-14-26-29-19(11-12-24-22(18)29)17-9-5-2-6-10-17/h1-12,14H,13,15H2,(H,25,30). The number of hydrogen-bond acceptors (Lipinski definition) is 6. The highest BCUT2D eigenvalue weighted by Gasteiger charge is 2.17. The van der Waals surface area contributed by atoms with Gasteiger partial charge in [0.1, 0.15) is 5.56 Å². The van der Waals surface area contributed by atoms with E-state index in [9.17, 15) is 4.79 Å². The Balaban J connectivity index is 1.30. The summed E-state index contributed by atoms with van der Waals surface area (Å²) in [6.45, 7) is 0.121. The van der Waals surface area contributed by atoms with Gasteiger partial charge in [-0.05, 0) is 11.6 Å². The van der Waals surface area contributed by atoms with Crippen molar-refractivity contribution in [2.24, 2.45) is 0 Å². The van der Waals surface area contributed by atoms with Crippen molar-refractivity contribution in [1.29, 1.82) is 0 Å². The average molecular weight is 410 g/mol. The molecule has 0 aliphatic carbocycles. The molecule has 0 aliphatic heterocycles. The van der Waals surface area contributed by atoms with Gasteiger partial charge in [-0.15, -0.1) is 0 Å². The predicted octanol–water partition coefficient (Wildman–Crippen LogP) is 3.30. The number of nitrogens with zero attached hydrogens (tertiary/aromatic N) is 5. The highest BCUT2D eigenvalue weighted by molar-refractivity contribution is 5.99. The molecule has 0 unspecified atom stereocenters. The molecule has 5 aromatic rings. The maximum Gasteiger partial charge on any atom is 0.257 e. The van der Waals surface area contributed by atoms with Crippen LogP contribution in [0.4, 0.5) is 0 Å². The first-order valence-electron chi connectivity index (χ1n) is 9.80. The molecule has 31 heavy (non-hydrogen) atoms. The number of rotatable bonds is 6. The van der Waals surface area contributed by atoms with Gasteiger partial charge < -0.3 is 9.84 Å². The molecule has 0 spiro atoms. The Kier molecular flexibility index (Phi) is 4.94. The van der Waals surface area contributed by atoms with E-state index in [1.807, 2.05) is 66.7 Å². The van der Waals surface area contributed by atoms with Gasteiger partial charge in [0.2, 0.25) is 5.89 Å². The Hall–Kier alpha value is -4.33. The zero-order valence-electron chi connectivity index (χ0n) is 16.5. The second kappa shape index (κ2) is 8.19. The van der Waals surface area contributed by atoms with Gasteiger partial charge >= 0.3 is 0 Å². The zero-order valence-corrected chi connectivity index (χ0v) is 16.5. The largest absolute Gasteiger partial charge is 0.343 e. The molecule has 8 nitrogen and oxygen atoms in total. The van der Waals surface area contributed by atoms with E-state index in [1.165, 1.54) is 6.20 Å². The molecular weight excluding hydrogens is 392 g/mol. The molecule has 0 saturated carbocycles. The Labute approximate surface area is 177 Å². The summed E-state index contributed by atoms with van der Waals surface area (Å²) in [5.74, 6) is 0.602. The van der Waals surface area contributed by atoms with E-state index in [0.717, 1.165) is 16.8 Å². The third-order valence-electron chi connectivity index (χ3n) is 4.83. The van der Waals surface area contributed by atoms with E-state index in [4.69, 9.17) is 4.52 Å². The summed E-state index contributed by atoms with van der Waals surface area (Å²) in [6, 6.07) is 21.6. The average Bonchev–Trinajstić information content (AvgIpc) is 3.45. The van der Waals surface area contributed by atoms with Crippen molar-refractivity contribution in [3.05, 3.63) is 102 Å². The van der Waals surface area contributed by atoms with Gasteiger partial charge in [0, 0.05) is 18.2 Å². The number of carbonyl (C=O) groups excluding carboxylic acids is 1. The summed E-state index contributed by atoms with van der Waals surface area (Å²) in [5.41, 5.74) is 3.79. The molecule has 0 radical (unpaired) electrons. The van der Waals surface area contributed by atoms with Crippen molar-refractivity contribution in [3.8, 4) is 11.3 Å². The summed E-state index contributed by atoms with van der Waals surface area (Å²) < 4.78 is 6.92. The van der Waals surface area contributed by atoms with Gasteiger partial charge in [-0.2, -0.15) is 10.1 Å². The lowest BCUT2D eigenvalue weighted by atomic mass is 10.1. The van der Waals surface area contributed by atoms with E-state index in [2.05, 4.69) is 25.5 Å². The maximum atomic E-state index is 12.7. The molecule has 5 rings (SSSR count). The predicted molar refractivity (Wildman–Crippen MR) is 113 cm³/mol. The van der Waals surface area contributed by atoms with Gasteiger partial charge in [-0.1, -0.05) is 65.8 Å². The van der Waals surface area contributed by atoms with Crippen LogP contribution in [0.1, 0.15) is 27.6 Å². The normalized spacial score (nSPS) is 11.0. The van der Waals surface area contributed by atoms with Gasteiger partial charge in [-0.3, -0.25) is 4.79 Å². The minimum Gasteiger partial charge on any atom is -0.343 e. The van der Waals surface area contributed by atoms with Crippen LogP contribution in [0, 0.1) is 0 Å². The lowest BCUT2D eigenvalue weighted by Gasteiger charge is -2.05. The molecule has 0 saturated heterocycles. The summed E-state index contributed by atoms with van der Waals surface area (Å²) in [5, 5.41) is 11.1. The Bertz CT molecular complexity index is 1330. The molecule has 0 fully saturated rings. The molecule has 0 atom stereocenters. The van der Waals surface area contributed by atoms with Gasteiger partial charge in [0.15, 0.2) is 11.5 Å². The minimum atomic E-state index is -0.310. The first-order chi connectivity index (χ1) is 15.3. The van der Waals surface area contributed by atoms with Crippen molar-refractivity contribution in [1.82, 2.24) is 30.1 Å². The van der Waals surface area contributed by atoms with Crippen LogP contribution in [0.3, 0.4) is 0 Å². The number of carbonyl (C=O) groups is 1. The first-order valence-corrected chi connectivity index (χ1v) is 9.80. The van der Waals surface area contributed by atoms with Crippen LogP contribution >= 0.6 is 0 Å². The molecule has 0 aliphatic rings. The fourth-order valence-electron chi connectivity index (χ4n) is 3.34. The van der Waals surface area contributed by atoms with Gasteiger partial charge in [0.25, 0.3) is 5.91 Å². The number of aromatic nitrogens is 5.